The van der Waals surface area contributed by atoms with Crippen LogP contribution in [0, 0.1) is 11.8 Å². The lowest BCUT2D eigenvalue weighted by Crippen LogP contribution is -2.39. The molecule has 1 unspecified atom stereocenters. The van der Waals surface area contributed by atoms with Gasteiger partial charge in [-0.2, -0.15) is 13.2 Å². The van der Waals surface area contributed by atoms with Gasteiger partial charge in [-0.15, -0.1) is 0 Å². The number of rotatable bonds is 6. The molecule has 0 aromatic carbocycles. The third kappa shape index (κ3) is 4.59. The summed E-state index contributed by atoms with van der Waals surface area (Å²) in [7, 11) is 0. The van der Waals surface area contributed by atoms with Crippen LogP contribution in [0.15, 0.2) is 0 Å². The van der Waals surface area contributed by atoms with E-state index in [0.717, 1.165) is 17.7 Å². The maximum Gasteiger partial charge on any atom is 0.394 e. The summed E-state index contributed by atoms with van der Waals surface area (Å²) in [4.78, 5) is 23.9. The van der Waals surface area contributed by atoms with Crippen molar-refractivity contribution in [3.8, 4) is 0 Å². The standard InChI is InChI=1S/C13H20F3NO4/c1-3-4-5-21-8(2)11(18)17-6-9(12(19)20)10(7-17)13(14,15)16/h8-10H,3-7H2,1-2H3,(H,19,20)/t8?,9-,10-/m1/s1. The Kier molecular flexibility index (Phi) is 6.00. The first-order valence-electron chi connectivity index (χ1n) is 6.88. The smallest absolute Gasteiger partial charge is 0.394 e. The molecule has 1 fully saturated rings. The van der Waals surface area contributed by atoms with Crippen molar-refractivity contribution in [3.63, 3.8) is 0 Å². The van der Waals surface area contributed by atoms with Crippen molar-refractivity contribution in [3.05, 3.63) is 0 Å². The van der Waals surface area contributed by atoms with Crippen molar-refractivity contribution >= 4 is 11.9 Å². The first kappa shape index (κ1) is 17.7. The zero-order chi connectivity index (χ0) is 16.2. The number of likely N-dealkylation sites (tertiary alicyclic amines) is 1. The van der Waals surface area contributed by atoms with Crippen LogP contribution in [-0.2, 0) is 14.3 Å². The number of carbonyl (C=O) groups is 2. The van der Waals surface area contributed by atoms with Gasteiger partial charge in [0.05, 0.1) is 11.8 Å². The number of carbonyl (C=O) groups excluding carboxylic acids is 1. The van der Waals surface area contributed by atoms with Gasteiger partial charge in [-0.25, -0.2) is 0 Å². The number of carboxylic acid groups (broad SMARTS) is 1. The highest BCUT2D eigenvalue weighted by Gasteiger charge is 2.53. The highest BCUT2D eigenvalue weighted by atomic mass is 19.4. The van der Waals surface area contributed by atoms with Gasteiger partial charge < -0.3 is 14.7 Å². The van der Waals surface area contributed by atoms with E-state index < -0.39 is 49.1 Å². The second-order valence-corrected chi connectivity index (χ2v) is 5.20. The minimum Gasteiger partial charge on any atom is -0.481 e. The molecule has 1 amide bonds. The Bertz CT molecular complexity index is 386. The highest BCUT2D eigenvalue weighted by molar-refractivity contribution is 5.82. The van der Waals surface area contributed by atoms with Crippen LogP contribution in [0.4, 0.5) is 13.2 Å². The van der Waals surface area contributed by atoms with Crippen molar-refractivity contribution in [1.29, 1.82) is 0 Å². The summed E-state index contributed by atoms with van der Waals surface area (Å²) in [6, 6.07) is 0. The van der Waals surface area contributed by atoms with Crippen LogP contribution in [0.5, 0.6) is 0 Å². The van der Waals surface area contributed by atoms with Crippen LogP contribution in [0.3, 0.4) is 0 Å². The van der Waals surface area contributed by atoms with Crippen LogP contribution in [-0.4, -0.2) is 53.9 Å². The number of alkyl halides is 3. The van der Waals surface area contributed by atoms with Crippen LogP contribution in [0.1, 0.15) is 26.7 Å². The van der Waals surface area contributed by atoms with Gasteiger partial charge >= 0.3 is 12.1 Å². The molecule has 3 atom stereocenters. The molecule has 0 aromatic heterocycles. The number of hydrogen-bond donors (Lipinski definition) is 1. The Morgan fingerprint density at radius 1 is 1.38 bits per heavy atom. The number of nitrogens with zero attached hydrogens (tertiary/aromatic N) is 1. The molecule has 5 nitrogen and oxygen atoms in total. The van der Waals surface area contributed by atoms with E-state index in [1.165, 1.54) is 6.92 Å². The second-order valence-electron chi connectivity index (χ2n) is 5.20. The normalized spacial score (nSPS) is 24.1. The molecule has 0 saturated carbocycles. The van der Waals surface area contributed by atoms with Crippen molar-refractivity contribution in [2.75, 3.05) is 19.7 Å². The summed E-state index contributed by atoms with van der Waals surface area (Å²) in [6.07, 6.45) is -3.87. The van der Waals surface area contributed by atoms with Gasteiger partial charge in [0, 0.05) is 19.7 Å². The molecule has 0 spiro atoms. The minimum absolute atomic E-state index is 0.350. The van der Waals surface area contributed by atoms with E-state index >= 15 is 0 Å². The van der Waals surface area contributed by atoms with Gasteiger partial charge in [0.25, 0.3) is 5.91 Å². The van der Waals surface area contributed by atoms with E-state index in [9.17, 15) is 22.8 Å². The van der Waals surface area contributed by atoms with E-state index in [1.54, 1.807) is 0 Å². The minimum atomic E-state index is -4.63. The molecule has 21 heavy (non-hydrogen) atoms. The predicted octanol–water partition coefficient (Wildman–Crippen LogP) is 1.91. The zero-order valence-electron chi connectivity index (χ0n) is 12.0. The molecule has 8 heteroatoms. The van der Waals surface area contributed by atoms with Crippen LogP contribution in [0.2, 0.25) is 0 Å². The molecule has 0 bridgehead atoms. The van der Waals surface area contributed by atoms with Crippen LogP contribution in [0.25, 0.3) is 0 Å². The fourth-order valence-electron chi connectivity index (χ4n) is 2.30. The first-order valence-corrected chi connectivity index (χ1v) is 6.88. The Morgan fingerprint density at radius 3 is 2.43 bits per heavy atom. The zero-order valence-corrected chi connectivity index (χ0v) is 12.0. The van der Waals surface area contributed by atoms with Crippen molar-refractivity contribution in [2.45, 2.75) is 39.0 Å². The molecule has 1 aliphatic heterocycles. The Hall–Kier alpha value is -1.31. The molecule has 0 aliphatic carbocycles. The van der Waals surface area contributed by atoms with Gasteiger partial charge in [-0.05, 0) is 13.3 Å². The van der Waals surface area contributed by atoms with Crippen LogP contribution >= 0.6 is 0 Å². The average molecular weight is 311 g/mol. The molecule has 1 rings (SSSR count). The largest absolute Gasteiger partial charge is 0.481 e. The van der Waals surface area contributed by atoms with Gasteiger partial charge in [-0.1, -0.05) is 13.3 Å². The molecule has 1 saturated heterocycles. The number of aliphatic carboxylic acids is 1. The quantitative estimate of drug-likeness (QED) is 0.761. The maximum absolute atomic E-state index is 12.8. The summed E-state index contributed by atoms with van der Waals surface area (Å²) in [6.45, 7) is 2.71. The number of unbranched alkanes of at least 4 members (excludes halogenated alkanes) is 1. The summed E-state index contributed by atoms with van der Waals surface area (Å²) in [5, 5.41) is 8.89. The number of amides is 1. The topological polar surface area (TPSA) is 66.8 Å². The van der Waals surface area contributed by atoms with E-state index in [4.69, 9.17) is 9.84 Å². The number of hydrogen-bond acceptors (Lipinski definition) is 3. The Balaban J connectivity index is 2.68. The van der Waals surface area contributed by atoms with Gasteiger partial charge in [0.2, 0.25) is 0 Å². The first-order chi connectivity index (χ1) is 9.68. The maximum atomic E-state index is 12.8. The molecule has 1 heterocycles. The fraction of sp³-hybridized carbons (Fsp3) is 0.846. The Labute approximate surface area is 121 Å². The van der Waals surface area contributed by atoms with Crippen molar-refractivity contribution in [2.24, 2.45) is 11.8 Å². The molecule has 1 N–H and O–H groups in total. The summed E-state index contributed by atoms with van der Waals surface area (Å²) < 4.78 is 43.7. The van der Waals surface area contributed by atoms with Crippen molar-refractivity contribution in [1.82, 2.24) is 4.90 Å². The average Bonchev–Trinajstić information content (AvgIpc) is 2.83. The number of ether oxygens (including phenoxy) is 1. The monoisotopic (exact) mass is 311 g/mol. The van der Waals surface area contributed by atoms with E-state index in [2.05, 4.69) is 0 Å². The number of halogens is 3. The fourth-order valence-corrected chi connectivity index (χ4v) is 2.30. The molecule has 0 radical (unpaired) electrons. The third-order valence-corrected chi connectivity index (χ3v) is 3.58. The van der Waals surface area contributed by atoms with Gasteiger partial charge in [0.15, 0.2) is 0 Å². The van der Waals surface area contributed by atoms with E-state index in [1.807, 2.05) is 6.92 Å². The lowest BCUT2D eigenvalue weighted by molar-refractivity contribution is -0.188. The number of carboxylic acids is 1. The van der Waals surface area contributed by atoms with Crippen LogP contribution < -0.4 is 0 Å². The molecular weight excluding hydrogens is 291 g/mol. The highest BCUT2D eigenvalue weighted by Crippen LogP contribution is 2.37. The molecular formula is C13H20F3NO4. The summed E-state index contributed by atoms with van der Waals surface area (Å²) in [5.74, 6) is -5.77. The Morgan fingerprint density at radius 2 is 2.00 bits per heavy atom. The molecule has 0 aromatic rings. The van der Waals surface area contributed by atoms with Gasteiger partial charge in [-0.3, -0.25) is 9.59 Å². The van der Waals surface area contributed by atoms with E-state index in [-0.39, 0.29) is 0 Å². The molecule has 122 valence electrons. The lowest BCUT2D eigenvalue weighted by Gasteiger charge is -2.21. The second kappa shape index (κ2) is 7.11. The lowest BCUT2D eigenvalue weighted by atomic mass is 9.96. The molecule has 1 aliphatic rings. The third-order valence-electron chi connectivity index (χ3n) is 3.58. The van der Waals surface area contributed by atoms with Gasteiger partial charge in [0.1, 0.15) is 6.10 Å². The summed E-state index contributed by atoms with van der Waals surface area (Å²) >= 11 is 0. The van der Waals surface area contributed by atoms with E-state index in [0.29, 0.717) is 6.61 Å². The SMILES string of the molecule is CCCCOC(C)C(=O)N1C[C@@H](C(F)(F)F)[C@H](C(=O)O)C1. The summed E-state index contributed by atoms with van der Waals surface area (Å²) in [5.41, 5.74) is 0. The van der Waals surface area contributed by atoms with Crippen molar-refractivity contribution < 1.29 is 32.6 Å². The predicted molar refractivity (Wildman–Crippen MR) is 67.6 cm³/mol.